The summed E-state index contributed by atoms with van der Waals surface area (Å²) in [7, 11) is 1.60. The molecule has 0 atom stereocenters. The molecule has 4 nitrogen and oxygen atoms in total. The Hall–Kier alpha value is -1.75. The second-order valence-corrected chi connectivity index (χ2v) is 5.08. The third-order valence-electron chi connectivity index (χ3n) is 3.02. The maximum absolute atomic E-state index is 6.27. The van der Waals surface area contributed by atoms with E-state index >= 15 is 0 Å². The van der Waals surface area contributed by atoms with Crippen LogP contribution < -0.4 is 14.8 Å². The average Bonchev–Trinajstić information content (AvgIpc) is 2.54. The average molecular weight is 355 g/mol. The molecule has 1 aromatic heterocycles. The van der Waals surface area contributed by atoms with E-state index in [4.69, 9.17) is 21.1 Å². The highest BCUT2D eigenvalue weighted by atomic mass is 35.5. The van der Waals surface area contributed by atoms with Crippen molar-refractivity contribution < 1.29 is 9.47 Å². The third kappa shape index (κ3) is 5.75. The van der Waals surface area contributed by atoms with Crippen molar-refractivity contribution in [2.75, 3.05) is 13.7 Å². The van der Waals surface area contributed by atoms with Crippen LogP contribution in [-0.2, 0) is 13.1 Å². The van der Waals surface area contributed by atoms with Gasteiger partial charge in [-0.05, 0) is 29.3 Å². The number of aromatic nitrogens is 1. The number of halogens is 2. The Morgan fingerprint density at radius 1 is 1.30 bits per heavy atom. The highest BCUT2D eigenvalue weighted by Gasteiger charge is 2.11. The van der Waals surface area contributed by atoms with Crippen molar-refractivity contribution in [1.82, 2.24) is 10.3 Å². The van der Waals surface area contributed by atoms with E-state index in [0.29, 0.717) is 29.7 Å². The lowest BCUT2D eigenvalue weighted by atomic mass is 10.2. The van der Waals surface area contributed by atoms with E-state index in [1.807, 2.05) is 30.5 Å². The smallest absolute Gasteiger partial charge is 0.180 e. The largest absolute Gasteiger partial charge is 0.493 e. The number of rotatable bonds is 8. The molecule has 0 aliphatic rings. The molecule has 0 fully saturated rings. The zero-order valence-corrected chi connectivity index (χ0v) is 14.5. The fourth-order valence-electron chi connectivity index (χ4n) is 2.01. The number of nitrogens with one attached hydrogen (secondary N) is 1. The van der Waals surface area contributed by atoms with Crippen LogP contribution in [0.5, 0.6) is 11.5 Å². The van der Waals surface area contributed by atoms with Gasteiger partial charge in [0.25, 0.3) is 0 Å². The van der Waals surface area contributed by atoms with E-state index in [0.717, 1.165) is 17.7 Å². The second-order valence-electron chi connectivity index (χ2n) is 4.67. The van der Waals surface area contributed by atoms with Crippen LogP contribution in [0.25, 0.3) is 0 Å². The summed E-state index contributed by atoms with van der Waals surface area (Å²) in [5.41, 5.74) is 2.16. The summed E-state index contributed by atoms with van der Waals surface area (Å²) in [4.78, 5) is 4.09. The van der Waals surface area contributed by atoms with Crippen molar-refractivity contribution in [1.29, 1.82) is 0 Å². The minimum Gasteiger partial charge on any atom is -0.493 e. The van der Waals surface area contributed by atoms with Crippen LogP contribution in [0.4, 0.5) is 0 Å². The van der Waals surface area contributed by atoms with Crippen LogP contribution in [-0.4, -0.2) is 18.7 Å². The van der Waals surface area contributed by atoms with Crippen molar-refractivity contribution >= 4 is 24.0 Å². The van der Waals surface area contributed by atoms with E-state index in [2.05, 4.69) is 16.9 Å². The fraction of sp³-hybridized carbons (Fsp3) is 0.235. The van der Waals surface area contributed by atoms with Crippen molar-refractivity contribution in [2.24, 2.45) is 0 Å². The Morgan fingerprint density at radius 3 is 2.74 bits per heavy atom. The van der Waals surface area contributed by atoms with Gasteiger partial charge in [-0.15, -0.1) is 12.4 Å². The molecule has 0 unspecified atom stereocenters. The van der Waals surface area contributed by atoms with Gasteiger partial charge < -0.3 is 14.8 Å². The molecule has 0 bridgehead atoms. The summed E-state index contributed by atoms with van der Waals surface area (Å²) in [6.45, 7) is 5.42. The van der Waals surface area contributed by atoms with Crippen LogP contribution in [0, 0.1) is 0 Å². The van der Waals surface area contributed by atoms with E-state index in [-0.39, 0.29) is 12.4 Å². The van der Waals surface area contributed by atoms with Gasteiger partial charge in [-0.25, -0.2) is 0 Å². The summed E-state index contributed by atoms with van der Waals surface area (Å²) in [5.74, 6) is 1.16. The Morgan fingerprint density at radius 2 is 2.09 bits per heavy atom. The molecular weight excluding hydrogens is 335 g/mol. The number of nitrogens with zero attached hydrogens (tertiary/aromatic N) is 1. The Balaban J connectivity index is 0.00000264. The van der Waals surface area contributed by atoms with Gasteiger partial charge >= 0.3 is 0 Å². The standard InChI is InChI=1S/C17H19ClN2O2.ClH/c1-3-7-22-17-15(18)8-14(9-16(17)21-2)12-20-11-13-5-4-6-19-10-13;/h3-6,8-10,20H,1,7,11-12H2,2H3;1H. The van der Waals surface area contributed by atoms with Gasteiger partial charge in [0.15, 0.2) is 11.5 Å². The molecule has 0 aliphatic heterocycles. The number of pyridine rings is 1. The van der Waals surface area contributed by atoms with Gasteiger partial charge in [0.1, 0.15) is 6.61 Å². The van der Waals surface area contributed by atoms with Gasteiger partial charge in [0.2, 0.25) is 0 Å². The Kier molecular flexibility index (Phi) is 8.48. The van der Waals surface area contributed by atoms with Crippen molar-refractivity contribution in [3.8, 4) is 11.5 Å². The molecule has 0 radical (unpaired) electrons. The summed E-state index contributed by atoms with van der Waals surface area (Å²) >= 11 is 6.27. The number of benzene rings is 1. The van der Waals surface area contributed by atoms with E-state index in [9.17, 15) is 0 Å². The first kappa shape index (κ1) is 19.3. The predicted octanol–water partition coefficient (Wildman–Crippen LogP) is 4.02. The molecule has 0 spiro atoms. The Labute approximate surface area is 147 Å². The lowest BCUT2D eigenvalue weighted by molar-refractivity contribution is 0.326. The number of methoxy groups -OCH3 is 1. The number of ether oxygens (including phenoxy) is 2. The van der Waals surface area contributed by atoms with Crippen LogP contribution in [0.2, 0.25) is 5.02 Å². The predicted molar refractivity (Wildman–Crippen MR) is 95.7 cm³/mol. The summed E-state index contributed by atoms with van der Waals surface area (Å²) in [6, 6.07) is 7.74. The van der Waals surface area contributed by atoms with Gasteiger partial charge in [0.05, 0.1) is 12.1 Å². The molecule has 0 aliphatic carbocycles. The van der Waals surface area contributed by atoms with Crippen LogP contribution in [0.15, 0.2) is 49.3 Å². The fourth-order valence-corrected chi connectivity index (χ4v) is 2.30. The topological polar surface area (TPSA) is 43.4 Å². The molecule has 23 heavy (non-hydrogen) atoms. The zero-order valence-electron chi connectivity index (χ0n) is 12.9. The maximum Gasteiger partial charge on any atom is 0.180 e. The highest BCUT2D eigenvalue weighted by molar-refractivity contribution is 6.32. The molecule has 0 amide bonds. The van der Waals surface area contributed by atoms with Crippen LogP contribution in [0.1, 0.15) is 11.1 Å². The first-order valence-electron chi connectivity index (χ1n) is 6.94. The molecule has 1 N–H and O–H groups in total. The SMILES string of the molecule is C=CCOc1c(Cl)cc(CNCc2cccnc2)cc1OC.Cl. The first-order chi connectivity index (χ1) is 10.7. The van der Waals surface area contributed by atoms with Crippen molar-refractivity contribution in [3.05, 3.63) is 65.5 Å². The molecular formula is C17H20Cl2N2O2. The molecule has 6 heteroatoms. The monoisotopic (exact) mass is 354 g/mol. The number of hydrogen-bond acceptors (Lipinski definition) is 4. The summed E-state index contributed by atoms with van der Waals surface area (Å²) in [5, 5.41) is 3.88. The zero-order chi connectivity index (χ0) is 15.8. The first-order valence-corrected chi connectivity index (χ1v) is 7.32. The van der Waals surface area contributed by atoms with E-state index < -0.39 is 0 Å². The van der Waals surface area contributed by atoms with Gasteiger partial charge in [-0.3, -0.25) is 4.98 Å². The van der Waals surface area contributed by atoms with Crippen LogP contribution in [0.3, 0.4) is 0 Å². The number of hydrogen-bond donors (Lipinski definition) is 1. The lowest BCUT2D eigenvalue weighted by Crippen LogP contribution is -2.13. The third-order valence-corrected chi connectivity index (χ3v) is 3.30. The molecule has 124 valence electrons. The minimum atomic E-state index is 0. The normalized spacial score (nSPS) is 9.83. The molecule has 2 aromatic rings. The summed E-state index contributed by atoms with van der Waals surface area (Å²) in [6.07, 6.45) is 5.27. The van der Waals surface area contributed by atoms with E-state index in [1.54, 1.807) is 19.4 Å². The molecule has 0 saturated heterocycles. The molecule has 0 saturated carbocycles. The lowest BCUT2D eigenvalue weighted by Gasteiger charge is -2.13. The van der Waals surface area contributed by atoms with Crippen molar-refractivity contribution in [2.45, 2.75) is 13.1 Å². The molecule has 1 aromatic carbocycles. The maximum atomic E-state index is 6.27. The minimum absolute atomic E-state index is 0. The van der Waals surface area contributed by atoms with Gasteiger partial charge in [-0.2, -0.15) is 0 Å². The molecule has 1 heterocycles. The highest BCUT2D eigenvalue weighted by Crippen LogP contribution is 2.36. The molecule has 2 rings (SSSR count). The second kappa shape index (κ2) is 10.1. The summed E-state index contributed by atoms with van der Waals surface area (Å²) < 4.78 is 10.9. The Bertz CT molecular complexity index is 621. The van der Waals surface area contributed by atoms with Gasteiger partial charge in [-0.1, -0.05) is 30.3 Å². The van der Waals surface area contributed by atoms with E-state index in [1.165, 1.54) is 0 Å². The van der Waals surface area contributed by atoms with Gasteiger partial charge in [0, 0.05) is 25.5 Å². The quantitative estimate of drug-likeness (QED) is 0.727. The van der Waals surface area contributed by atoms with Crippen LogP contribution >= 0.6 is 24.0 Å². The van der Waals surface area contributed by atoms with Crippen molar-refractivity contribution in [3.63, 3.8) is 0 Å².